The molecule has 0 aliphatic rings. The van der Waals surface area contributed by atoms with Crippen LogP contribution in [0.25, 0.3) is 0 Å². The summed E-state index contributed by atoms with van der Waals surface area (Å²) in [4.78, 5) is 11.1. The van der Waals surface area contributed by atoms with E-state index in [1.807, 2.05) is 0 Å². The number of rotatable bonds is 1. The Kier molecular flexibility index (Phi) is 2.19. The number of halogens is 1. The quantitative estimate of drug-likeness (QED) is 0.650. The molecule has 11 heavy (non-hydrogen) atoms. The lowest BCUT2D eigenvalue weighted by atomic mass is 10.4. The van der Waals surface area contributed by atoms with E-state index in [1.165, 1.54) is 13.4 Å². The summed E-state index contributed by atoms with van der Waals surface area (Å²) >= 11 is 5.58. The highest BCUT2D eigenvalue weighted by atomic mass is 35.5. The van der Waals surface area contributed by atoms with Crippen LogP contribution < -0.4 is 10.2 Å². The Labute approximate surface area is 68.5 Å². The van der Waals surface area contributed by atoms with E-state index in [0.717, 1.165) is 0 Å². The van der Waals surface area contributed by atoms with Crippen LogP contribution in [0.3, 0.4) is 0 Å². The Morgan fingerprint density at radius 2 is 2.27 bits per heavy atom. The number of methoxy groups -OCH3 is 1. The van der Waals surface area contributed by atoms with E-state index in [1.54, 1.807) is 6.92 Å². The summed E-state index contributed by atoms with van der Waals surface area (Å²) in [5.74, 6) is 0.526. The lowest BCUT2D eigenvalue weighted by Gasteiger charge is -1.99. The van der Waals surface area contributed by atoms with Gasteiger partial charge in [-0.25, -0.2) is 0 Å². The minimum atomic E-state index is -0.335. The fourth-order valence-electron chi connectivity index (χ4n) is 0.656. The number of hydrogen-bond acceptors (Lipinski definition) is 3. The lowest BCUT2D eigenvalue weighted by Crippen LogP contribution is -2.06. The monoisotopic (exact) mass is 174 g/mol. The molecule has 0 aliphatic carbocycles. The van der Waals surface area contributed by atoms with Crippen LogP contribution >= 0.6 is 11.6 Å². The van der Waals surface area contributed by atoms with Crippen molar-refractivity contribution in [2.75, 3.05) is 7.11 Å². The maximum atomic E-state index is 11.1. The Hall–Kier alpha value is -0.960. The van der Waals surface area contributed by atoms with Gasteiger partial charge >= 0.3 is 0 Å². The van der Waals surface area contributed by atoms with Gasteiger partial charge < -0.3 is 9.15 Å². The van der Waals surface area contributed by atoms with Crippen molar-refractivity contribution in [1.82, 2.24) is 0 Å². The molecule has 0 atom stereocenters. The van der Waals surface area contributed by atoms with E-state index in [4.69, 9.17) is 20.8 Å². The van der Waals surface area contributed by atoms with Crippen LogP contribution in [0.5, 0.6) is 5.75 Å². The first-order valence-corrected chi connectivity index (χ1v) is 3.36. The van der Waals surface area contributed by atoms with Gasteiger partial charge in [0.15, 0.2) is 0 Å². The molecule has 1 rings (SSSR count). The van der Waals surface area contributed by atoms with Gasteiger partial charge in [0.25, 0.3) is 0 Å². The van der Waals surface area contributed by atoms with Gasteiger partial charge in [-0.15, -0.1) is 0 Å². The van der Waals surface area contributed by atoms with Gasteiger partial charge in [0.2, 0.25) is 11.2 Å². The molecule has 60 valence electrons. The molecule has 1 heterocycles. The van der Waals surface area contributed by atoms with Crippen LogP contribution in [0.15, 0.2) is 15.5 Å². The molecule has 0 unspecified atom stereocenters. The Morgan fingerprint density at radius 3 is 2.82 bits per heavy atom. The molecule has 0 radical (unpaired) electrons. The highest BCUT2D eigenvalue weighted by molar-refractivity contribution is 6.31. The summed E-state index contributed by atoms with van der Waals surface area (Å²) in [6.07, 6.45) is 1.24. The Balaban J connectivity index is 3.37. The fraction of sp³-hybridized carbons (Fsp3) is 0.286. The van der Waals surface area contributed by atoms with E-state index in [0.29, 0.717) is 5.76 Å². The van der Waals surface area contributed by atoms with Gasteiger partial charge in [-0.05, 0) is 6.92 Å². The summed E-state index contributed by atoms with van der Waals surface area (Å²) in [6.45, 7) is 1.61. The first kappa shape index (κ1) is 8.14. The minimum Gasteiger partial charge on any atom is -0.490 e. The van der Waals surface area contributed by atoms with Crippen molar-refractivity contribution >= 4 is 11.6 Å². The Bertz CT molecular complexity index is 316. The Morgan fingerprint density at radius 1 is 1.64 bits per heavy atom. The van der Waals surface area contributed by atoms with Crippen molar-refractivity contribution in [1.29, 1.82) is 0 Å². The molecule has 0 bridgehead atoms. The zero-order chi connectivity index (χ0) is 8.43. The second kappa shape index (κ2) is 2.96. The third-order valence-electron chi connectivity index (χ3n) is 1.29. The summed E-state index contributed by atoms with van der Waals surface area (Å²) in [5, 5.41) is 0.0735. The maximum Gasteiger partial charge on any atom is 0.245 e. The second-order valence-electron chi connectivity index (χ2n) is 2.00. The largest absolute Gasteiger partial charge is 0.490 e. The molecular formula is C7H7ClO3. The molecular weight excluding hydrogens is 168 g/mol. The number of hydrogen-bond donors (Lipinski definition) is 0. The lowest BCUT2D eigenvalue weighted by molar-refractivity contribution is 0.382. The van der Waals surface area contributed by atoms with Crippen LogP contribution in [0.4, 0.5) is 0 Å². The predicted molar refractivity (Wildman–Crippen MR) is 41.3 cm³/mol. The van der Waals surface area contributed by atoms with Crippen molar-refractivity contribution in [3.63, 3.8) is 0 Å². The third kappa shape index (κ3) is 1.38. The molecule has 1 aromatic rings. The van der Waals surface area contributed by atoms with Crippen LogP contribution in [-0.2, 0) is 0 Å². The minimum absolute atomic E-state index is 0.0735. The summed E-state index contributed by atoms with van der Waals surface area (Å²) < 4.78 is 9.59. The molecule has 0 aliphatic heterocycles. The van der Waals surface area contributed by atoms with Crippen LogP contribution in [0, 0.1) is 6.92 Å². The van der Waals surface area contributed by atoms with Crippen LogP contribution in [-0.4, -0.2) is 7.11 Å². The zero-order valence-electron chi connectivity index (χ0n) is 6.18. The van der Waals surface area contributed by atoms with Gasteiger partial charge in [0, 0.05) is 0 Å². The average molecular weight is 175 g/mol. The van der Waals surface area contributed by atoms with Crippen molar-refractivity contribution in [3.05, 3.63) is 27.3 Å². The molecule has 1 aromatic heterocycles. The van der Waals surface area contributed by atoms with Crippen molar-refractivity contribution in [2.45, 2.75) is 6.92 Å². The maximum absolute atomic E-state index is 11.1. The van der Waals surface area contributed by atoms with Gasteiger partial charge in [-0.3, -0.25) is 4.79 Å². The normalized spacial score (nSPS) is 9.73. The zero-order valence-corrected chi connectivity index (χ0v) is 6.94. The first-order chi connectivity index (χ1) is 5.16. The van der Waals surface area contributed by atoms with Crippen molar-refractivity contribution in [3.8, 4) is 5.75 Å². The molecule has 0 saturated heterocycles. The molecule has 0 spiro atoms. The van der Waals surface area contributed by atoms with Crippen LogP contribution in [0.1, 0.15) is 5.76 Å². The second-order valence-corrected chi connectivity index (χ2v) is 2.38. The number of aryl methyl sites for hydroxylation is 1. The van der Waals surface area contributed by atoms with Gasteiger partial charge in [-0.2, -0.15) is 0 Å². The predicted octanol–water partition coefficient (Wildman–Crippen LogP) is 1.61. The van der Waals surface area contributed by atoms with Crippen LogP contribution in [0.2, 0.25) is 5.02 Å². The van der Waals surface area contributed by atoms with Crippen molar-refractivity contribution < 1.29 is 9.15 Å². The van der Waals surface area contributed by atoms with Gasteiger partial charge in [0.1, 0.15) is 17.0 Å². The highest BCUT2D eigenvalue weighted by Crippen LogP contribution is 2.13. The smallest absolute Gasteiger partial charge is 0.245 e. The average Bonchev–Trinajstić information content (AvgIpc) is 2.01. The SMILES string of the molecule is COc1coc(C)c(Cl)c1=O. The molecule has 0 aromatic carbocycles. The topological polar surface area (TPSA) is 39.4 Å². The molecule has 0 saturated carbocycles. The number of ether oxygens (including phenoxy) is 1. The summed E-state index contributed by atoms with van der Waals surface area (Å²) in [7, 11) is 1.39. The van der Waals surface area contributed by atoms with Crippen molar-refractivity contribution in [2.24, 2.45) is 0 Å². The molecule has 0 N–H and O–H groups in total. The van der Waals surface area contributed by atoms with Gasteiger partial charge in [0.05, 0.1) is 7.11 Å². The van der Waals surface area contributed by atoms with E-state index in [2.05, 4.69) is 0 Å². The summed E-state index contributed by atoms with van der Waals surface area (Å²) in [5.41, 5.74) is -0.335. The van der Waals surface area contributed by atoms with E-state index < -0.39 is 0 Å². The van der Waals surface area contributed by atoms with E-state index in [9.17, 15) is 4.79 Å². The molecule has 3 nitrogen and oxygen atoms in total. The van der Waals surface area contributed by atoms with Gasteiger partial charge in [-0.1, -0.05) is 11.6 Å². The third-order valence-corrected chi connectivity index (χ3v) is 1.73. The van der Waals surface area contributed by atoms with E-state index in [-0.39, 0.29) is 16.2 Å². The molecule has 0 fully saturated rings. The fourth-order valence-corrected chi connectivity index (χ4v) is 0.794. The molecule has 0 amide bonds. The standard InChI is InChI=1S/C7H7ClO3/c1-4-6(8)7(9)5(10-2)3-11-4/h3H,1-2H3. The van der Waals surface area contributed by atoms with E-state index >= 15 is 0 Å². The molecule has 4 heteroatoms. The first-order valence-electron chi connectivity index (χ1n) is 2.98. The highest BCUT2D eigenvalue weighted by Gasteiger charge is 2.07. The summed E-state index contributed by atoms with van der Waals surface area (Å²) in [6, 6.07) is 0.